The molecule has 0 N–H and O–H groups in total. The summed E-state index contributed by atoms with van der Waals surface area (Å²) in [5.41, 5.74) is 1.82. The summed E-state index contributed by atoms with van der Waals surface area (Å²) in [5, 5.41) is 0. The number of carbonyl (C=O) groups excluding carboxylic acids is 2. The number of aryl methyl sites for hydroxylation is 1. The third-order valence-electron chi connectivity index (χ3n) is 3.71. The zero-order valence-corrected chi connectivity index (χ0v) is 13.9. The smallest absolute Gasteiger partial charge is 0.318 e. The van der Waals surface area contributed by atoms with E-state index in [0.717, 1.165) is 15.7 Å². The standard InChI is InChI=1S/C15H18BrNO4/c1-4-17-12-8-13(20-2)11(16)7-9(12)5-6-10(14(17)18)15(19)21-3/h7-8,10H,4-6H2,1-3H3/t10-/m0/s1. The van der Waals surface area contributed by atoms with Crippen molar-refractivity contribution in [2.24, 2.45) is 5.92 Å². The second-order valence-corrected chi connectivity index (χ2v) is 5.67. The highest BCUT2D eigenvalue weighted by atomic mass is 79.9. The minimum atomic E-state index is -0.743. The summed E-state index contributed by atoms with van der Waals surface area (Å²) in [7, 11) is 2.89. The van der Waals surface area contributed by atoms with Crippen LogP contribution >= 0.6 is 15.9 Å². The average Bonchev–Trinajstić information content (AvgIpc) is 2.61. The Labute approximate surface area is 132 Å². The van der Waals surface area contributed by atoms with E-state index < -0.39 is 11.9 Å². The molecule has 0 aliphatic carbocycles. The molecule has 2 rings (SSSR count). The number of nitrogens with zero attached hydrogens (tertiary/aromatic N) is 1. The lowest BCUT2D eigenvalue weighted by molar-refractivity contribution is -0.149. The Hall–Kier alpha value is -1.56. The maximum absolute atomic E-state index is 12.6. The average molecular weight is 356 g/mol. The number of carbonyl (C=O) groups is 2. The Morgan fingerprint density at radius 2 is 2.14 bits per heavy atom. The maximum atomic E-state index is 12.6. The van der Waals surface area contributed by atoms with Crippen LogP contribution in [0, 0.1) is 5.92 Å². The molecule has 1 aromatic rings. The number of anilines is 1. The molecule has 1 aliphatic rings. The molecule has 0 spiro atoms. The molecule has 5 nitrogen and oxygen atoms in total. The first-order valence-electron chi connectivity index (χ1n) is 6.79. The van der Waals surface area contributed by atoms with Crippen LogP contribution in [-0.2, 0) is 20.7 Å². The Morgan fingerprint density at radius 3 is 2.71 bits per heavy atom. The molecule has 0 bridgehead atoms. The number of ether oxygens (including phenoxy) is 2. The number of hydrogen-bond donors (Lipinski definition) is 0. The summed E-state index contributed by atoms with van der Waals surface area (Å²) in [6, 6.07) is 3.78. The highest BCUT2D eigenvalue weighted by molar-refractivity contribution is 9.10. The van der Waals surface area contributed by atoms with E-state index in [9.17, 15) is 9.59 Å². The molecule has 1 heterocycles. The number of methoxy groups -OCH3 is 2. The molecule has 0 saturated heterocycles. The molecular weight excluding hydrogens is 338 g/mol. The minimum Gasteiger partial charge on any atom is -0.495 e. The number of fused-ring (bicyclic) bond motifs is 1. The number of halogens is 1. The van der Waals surface area contributed by atoms with Gasteiger partial charge in [0.1, 0.15) is 11.7 Å². The summed E-state index contributed by atoms with van der Waals surface area (Å²) in [4.78, 5) is 26.0. The van der Waals surface area contributed by atoms with Crippen molar-refractivity contribution in [1.82, 2.24) is 0 Å². The van der Waals surface area contributed by atoms with Gasteiger partial charge in [0, 0.05) is 12.6 Å². The van der Waals surface area contributed by atoms with E-state index in [-0.39, 0.29) is 5.91 Å². The monoisotopic (exact) mass is 355 g/mol. The van der Waals surface area contributed by atoms with Crippen LogP contribution in [0.4, 0.5) is 5.69 Å². The topological polar surface area (TPSA) is 55.8 Å². The molecule has 6 heteroatoms. The van der Waals surface area contributed by atoms with Crippen molar-refractivity contribution in [3.05, 3.63) is 22.2 Å². The molecule has 114 valence electrons. The lowest BCUT2D eigenvalue weighted by atomic mass is 10.0. The fourth-order valence-electron chi connectivity index (χ4n) is 2.61. The predicted octanol–water partition coefficient (Wildman–Crippen LogP) is 2.55. The van der Waals surface area contributed by atoms with Gasteiger partial charge in [0.25, 0.3) is 0 Å². The van der Waals surface area contributed by atoms with E-state index in [4.69, 9.17) is 9.47 Å². The van der Waals surface area contributed by atoms with Crippen molar-refractivity contribution in [2.45, 2.75) is 19.8 Å². The third kappa shape index (κ3) is 2.90. The fraction of sp³-hybridized carbons (Fsp3) is 0.467. The van der Waals surface area contributed by atoms with Gasteiger partial charge in [-0.05, 0) is 47.3 Å². The Morgan fingerprint density at radius 1 is 1.43 bits per heavy atom. The van der Waals surface area contributed by atoms with E-state index in [1.807, 2.05) is 19.1 Å². The Bertz CT molecular complexity index is 573. The van der Waals surface area contributed by atoms with Crippen LogP contribution in [-0.4, -0.2) is 32.6 Å². The van der Waals surface area contributed by atoms with Crippen LogP contribution in [0.1, 0.15) is 18.9 Å². The second-order valence-electron chi connectivity index (χ2n) is 4.81. The van der Waals surface area contributed by atoms with Crippen molar-refractivity contribution in [3.8, 4) is 5.75 Å². The van der Waals surface area contributed by atoms with Crippen LogP contribution in [0.15, 0.2) is 16.6 Å². The minimum absolute atomic E-state index is 0.215. The van der Waals surface area contributed by atoms with E-state index in [1.165, 1.54) is 7.11 Å². The van der Waals surface area contributed by atoms with Gasteiger partial charge in [0.05, 0.1) is 24.4 Å². The molecule has 1 atom stereocenters. The number of hydrogen-bond acceptors (Lipinski definition) is 4. The summed E-state index contributed by atoms with van der Waals surface area (Å²) >= 11 is 3.46. The quantitative estimate of drug-likeness (QED) is 0.617. The first-order chi connectivity index (χ1) is 10.0. The summed E-state index contributed by atoms with van der Waals surface area (Å²) in [6.45, 7) is 2.37. The molecule has 0 aromatic heterocycles. The lowest BCUT2D eigenvalue weighted by Gasteiger charge is -2.24. The zero-order valence-electron chi connectivity index (χ0n) is 12.3. The van der Waals surface area contributed by atoms with Crippen molar-refractivity contribution < 1.29 is 19.1 Å². The predicted molar refractivity (Wildman–Crippen MR) is 82.5 cm³/mol. The van der Waals surface area contributed by atoms with Gasteiger partial charge in [0.2, 0.25) is 5.91 Å². The SMILES string of the molecule is CCN1C(=O)[C@@H](C(=O)OC)CCc2cc(Br)c(OC)cc21. The molecule has 1 amide bonds. The van der Waals surface area contributed by atoms with Gasteiger partial charge in [-0.1, -0.05) is 0 Å². The molecule has 1 aliphatic heterocycles. The number of benzene rings is 1. The largest absolute Gasteiger partial charge is 0.495 e. The molecule has 0 fully saturated rings. The molecule has 0 saturated carbocycles. The van der Waals surface area contributed by atoms with Gasteiger partial charge in [-0.15, -0.1) is 0 Å². The highest BCUT2D eigenvalue weighted by Gasteiger charge is 2.35. The zero-order chi connectivity index (χ0) is 15.6. The summed E-state index contributed by atoms with van der Waals surface area (Å²) < 4.78 is 10.9. The first kappa shape index (κ1) is 15.8. The summed E-state index contributed by atoms with van der Waals surface area (Å²) in [5.74, 6) is -0.770. The molecule has 0 unspecified atom stereocenters. The molecular formula is C15H18BrNO4. The van der Waals surface area contributed by atoms with Gasteiger partial charge in [-0.25, -0.2) is 0 Å². The van der Waals surface area contributed by atoms with Crippen molar-refractivity contribution in [3.63, 3.8) is 0 Å². The van der Waals surface area contributed by atoms with Crippen LogP contribution < -0.4 is 9.64 Å². The molecule has 1 aromatic carbocycles. The van der Waals surface area contributed by atoms with Crippen LogP contribution in [0.3, 0.4) is 0 Å². The van der Waals surface area contributed by atoms with Crippen LogP contribution in [0.2, 0.25) is 0 Å². The normalized spacial score (nSPS) is 18.0. The van der Waals surface area contributed by atoms with Crippen molar-refractivity contribution >= 4 is 33.5 Å². The Balaban J connectivity index is 2.49. The number of rotatable bonds is 3. The first-order valence-corrected chi connectivity index (χ1v) is 7.58. The maximum Gasteiger partial charge on any atom is 0.318 e. The third-order valence-corrected chi connectivity index (χ3v) is 4.33. The second kappa shape index (κ2) is 6.47. The number of esters is 1. The van der Waals surface area contributed by atoms with Gasteiger partial charge in [-0.2, -0.15) is 0 Å². The van der Waals surface area contributed by atoms with Crippen LogP contribution in [0.25, 0.3) is 0 Å². The van der Waals surface area contributed by atoms with E-state index in [0.29, 0.717) is 25.1 Å². The highest BCUT2D eigenvalue weighted by Crippen LogP contribution is 2.37. The molecule has 21 heavy (non-hydrogen) atoms. The van der Waals surface area contributed by atoms with Gasteiger partial charge < -0.3 is 14.4 Å². The van der Waals surface area contributed by atoms with Crippen LogP contribution in [0.5, 0.6) is 5.75 Å². The Kier molecular flexibility index (Phi) is 4.88. The molecule has 0 radical (unpaired) electrons. The lowest BCUT2D eigenvalue weighted by Crippen LogP contribution is -2.39. The number of amides is 1. The van der Waals surface area contributed by atoms with Gasteiger partial charge in [0.15, 0.2) is 0 Å². The van der Waals surface area contributed by atoms with E-state index >= 15 is 0 Å². The van der Waals surface area contributed by atoms with Crippen molar-refractivity contribution in [2.75, 3.05) is 25.7 Å². The summed E-state index contributed by atoms with van der Waals surface area (Å²) in [6.07, 6.45) is 1.09. The van der Waals surface area contributed by atoms with E-state index in [2.05, 4.69) is 15.9 Å². The van der Waals surface area contributed by atoms with E-state index in [1.54, 1.807) is 12.0 Å². The van der Waals surface area contributed by atoms with Crippen molar-refractivity contribution in [1.29, 1.82) is 0 Å². The van der Waals surface area contributed by atoms with Gasteiger partial charge in [-0.3, -0.25) is 9.59 Å². The van der Waals surface area contributed by atoms with Gasteiger partial charge >= 0.3 is 5.97 Å². The fourth-order valence-corrected chi connectivity index (χ4v) is 3.16.